The Kier molecular flexibility index (Phi) is 3.92. The van der Waals surface area contributed by atoms with Crippen LogP contribution in [-0.4, -0.2) is 12.4 Å². The van der Waals surface area contributed by atoms with Crippen molar-refractivity contribution >= 4 is 27.0 Å². The van der Waals surface area contributed by atoms with Crippen molar-refractivity contribution in [3.63, 3.8) is 0 Å². The monoisotopic (exact) mass is 323 g/mol. The number of nitrogens with zero attached hydrogens (tertiary/aromatic N) is 1. The standard InChI is InChI=1S/C19H17NO2S/c1-15(2)8-9-16-10-11-17-12-13-20(19(17)14-16)23(21,22)18-6-4-3-5-7-18/h3-14H,1H2,2H3/b9-8+. The summed E-state index contributed by atoms with van der Waals surface area (Å²) in [5, 5.41) is 0.886. The number of hydrogen-bond acceptors (Lipinski definition) is 2. The molecule has 0 saturated heterocycles. The number of hydrogen-bond donors (Lipinski definition) is 0. The van der Waals surface area contributed by atoms with Crippen molar-refractivity contribution in [1.82, 2.24) is 3.97 Å². The maximum Gasteiger partial charge on any atom is 0.268 e. The van der Waals surface area contributed by atoms with Crippen molar-refractivity contribution in [2.45, 2.75) is 11.8 Å². The van der Waals surface area contributed by atoms with E-state index in [1.54, 1.807) is 36.5 Å². The topological polar surface area (TPSA) is 39.1 Å². The van der Waals surface area contributed by atoms with Gasteiger partial charge in [0, 0.05) is 11.6 Å². The molecule has 3 aromatic rings. The van der Waals surface area contributed by atoms with Crippen molar-refractivity contribution in [3.05, 3.63) is 84.6 Å². The summed E-state index contributed by atoms with van der Waals surface area (Å²) < 4.78 is 27.0. The Labute approximate surface area is 136 Å². The molecule has 0 amide bonds. The van der Waals surface area contributed by atoms with Gasteiger partial charge < -0.3 is 0 Å². The first-order chi connectivity index (χ1) is 11.0. The average Bonchev–Trinajstić information content (AvgIpc) is 2.97. The lowest BCUT2D eigenvalue weighted by atomic mass is 10.1. The predicted molar refractivity (Wildman–Crippen MR) is 94.8 cm³/mol. The number of benzene rings is 2. The van der Waals surface area contributed by atoms with Gasteiger partial charge in [-0.2, -0.15) is 0 Å². The first kappa shape index (κ1) is 15.3. The van der Waals surface area contributed by atoms with E-state index in [1.807, 2.05) is 43.3 Å². The van der Waals surface area contributed by atoms with Gasteiger partial charge in [-0.25, -0.2) is 12.4 Å². The van der Waals surface area contributed by atoms with E-state index in [2.05, 4.69) is 6.58 Å². The minimum atomic E-state index is -3.60. The van der Waals surface area contributed by atoms with E-state index in [4.69, 9.17) is 0 Å². The molecule has 0 spiro atoms. The molecule has 0 bridgehead atoms. The summed E-state index contributed by atoms with van der Waals surface area (Å²) in [4.78, 5) is 0.278. The molecule has 116 valence electrons. The molecule has 0 aliphatic carbocycles. The van der Waals surface area contributed by atoms with Crippen LogP contribution in [-0.2, 0) is 10.0 Å². The van der Waals surface area contributed by atoms with E-state index in [0.29, 0.717) is 5.52 Å². The SMILES string of the molecule is C=C(C)/C=C/c1ccc2ccn(S(=O)(=O)c3ccccc3)c2c1. The molecule has 0 N–H and O–H groups in total. The fourth-order valence-electron chi connectivity index (χ4n) is 2.38. The fourth-order valence-corrected chi connectivity index (χ4v) is 3.74. The van der Waals surface area contributed by atoms with Gasteiger partial charge in [0.25, 0.3) is 10.0 Å². The van der Waals surface area contributed by atoms with Gasteiger partial charge >= 0.3 is 0 Å². The molecule has 4 heteroatoms. The Balaban J connectivity index is 2.15. The molecule has 0 aliphatic rings. The van der Waals surface area contributed by atoms with E-state index in [9.17, 15) is 8.42 Å². The smallest absolute Gasteiger partial charge is 0.241 e. The highest BCUT2D eigenvalue weighted by Gasteiger charge is 2.18. The third-order valence-electron chi connectivity index (χ3n) is 3.54. The molecule has 0 atom stereocenters. The molecule has 0 radical (unpaired) electrons. The van der Waals surface area contributed by atoms with Crippen LogP contribution in [0.25, 0.3) is 17.0 Å². The fraction of sp³-hybridized carbons (Fsp3) is 0.0526. The molecular weight excluding hydrogens is 306 g/mol. The van der Waals surface area contributed by atoms with Crippen LogP contribution in [0.4, 0.5) is 0 Å². The molecule has 23 heavy (non-hydrogen) atoms. The lowest BCUT2D eigenvalue weighted by molar-refractivity contribution is 0.589. The molecule has 0 saturated carbocycles. The Morgan fingerprint density at radius 2 is 1.83 bits per heavy atom. The van der Waals surface area contributed by atoms with Crippen molar-refractivity contribution in [2.24, 2.45) is 0 Å². The molecular formula is C19H17NO2S. The second-order valence-corrected chi connectivity index (χ2v) is 7.24. The minimum absolute atomic E-state index is 0.278. The summed E-state index contributed by atoms with van der Waals surface area (Å²) in [6, 6.07) is 16.0. The Bertz CT molecular complexity index is 996. The van der Waals surface area contributed by atoms with E-state index < -0.39 is 10.0 Å². The van der Waals surface area contributed by atoms with Crippen molar-refractivity contribution in [2.75, 3.05) is 0 Å². The Morgan fingerprint density at radius 1 is 1.09 bits per heavy atom. The van der Waals surface area contributed by atoms with Crippen LogP contribution in [0.5, 0.6) is 0 Å². The second-order valence-electron chi connectivity index (χ2n) is 5.43. The second kappa shape index (κ2) is 5.89. The summed E-state index contributed by atoms with van der Waals surface area (Å²) in [5.74, 6) is 0. The summed E-state index contributed by atoms with van der Waals surface area (Å²) in [5.41, 5.74) is 2.54. The Hall–Kier alpha value is -2.59. The summed E-state index contributed by atoms with van der Waals surface area (Å²) in [7, 11) is -3.60. The molecule has 0 unspecified atom stereocenters. The lowest BCUT2D eigenvalue weighted by Crippen LogP contribution is -2.11. The zero-order chi connectivity index (χ0) is 16.4. The van der Waals surface area contributed by atoms with E-state index in [-0.39, 0.29) is 4.90 Å². The maximum atomic E-state index is 12.8. The number of fused-ring (bicyclic) bond motifs is 1. The normalized spacial score (nSPS) is 12.0. The summed E-state index contributed by atoms with van der Waals surface area (Å²) in [6.45, 7) is 5.75. The van der Waals surface area contributed by atoms with Crippen LogP contribution in [0, 0.1) is 0 Å². The lowest BCUT2D eigenvalue weighted by Gasteiger charge is -2.08. The van der Waals surface area contributed by atoms with Gasteiger partial charge in [-0.3, -0.25) is 0 Å². The largest absolute Gasteiger partial charge is 0.268 e. The predicted octanol–water partition coefficient (Wildman–Crippen LogP) is 4.47. The zero-order valence-corrected chi connectivity index (χ0v) is 13.6. The third kappa shape index (κ3) is 2.98. The van der Waals surface area contributed by atoms with Gasteiger partial charge in [-0.1, -0.05) is 54.6 Å². The maximum absolute atomic E-state index is 12.8. The van der Waals surface area contributed by atoms with Gasteiger partial charge in [0.05, 0.1) is 10.4 Å². The molecule has 0 aliphatic heterocycles. The van der Waals surface area contributed by atoms with E-state index >= 15 is 0 Å². The van der Waals surface area contributed by atoms with Gasteiger partial charge in [0.15, 0.2) is 0 Å². The van der Waals surface area contributed by atoms with Gasteiger partial charge in [0.1, 0.15) is 0 Å². The molecule has 3 nitrogen and oxygen atoms in total. The molecule has 3 rings (SSSR count). The van der Waals surface area contributed by atoms with Gasteiger partial charge in [0.2, 0.25) is 0 Å². The number of aromatic nitrogens is 1. The third-order valence-corrected chi connectivity index (χ3v) is 5.25. The highest BCUT2D eigenvalue weighted by atomic mass is 32.2. The van der Waals surface area contributed by atoms with Crippen LogP contribution in [0.1, 0.15) is 12.5 Å². The molecule has 1 heterocycles. The van der Waals surface area contributed by atoms with Crippen molar-refractivity contribution in [1.29, 1.82) is 0 Å². The number of rotatable bonds is 4. The van der Waals surface area contributed by atoms with Gasteiger partial charge in [-0.15, -0.1) is 0 Å². The van der Waals surface area contributed by atoms with E-state index in [1.165, 1.54) is 3.97 Å². The minimum Gasteiger partial charge on any atom is -0.241 e. The first-order valence-electron chi connectivity index (χ1n) is 7.24. The zero-order valence-electron chi connectivity index (χ0n) is 12.8. The molecule has 1 aromatic heterocycles. The van der Waals surface area contributed by atoms with Crippen molar-refractivity contribution in [3.8, 4) is 0 Å². The van der Waals surface area contributed by atoms with Crippen LogP contribution in [0.2, 0.25) is 0 Å². The Morgan fingerprint density at radius 3 is 2.52 bits per heavy atom. The first-order valence-corrected chi connectivity index (χ1v) is 8.68. The number of allylic oxidation sites excluding steroid dienone is 2. The van der Waals surface area contributed by atoms with Gasteiger partial charge in [-0.05, 0) is 36.8 Å². The van der Waals surface area contributed by atoms with Crippen LogP contribution in [0.15, 0.2) is 83.9 Å². The highest BCUT2D eigenvalue weighted by Crippen LogP contribution is 2.23. The highest BCUT2D eigenvalue weighted by molar-refractivity contribution is 7.90. The summed E-state index contributed by atoms with van der Waals surface area (Å²) in [6.07, 6.45) is 5.42. The molecule has 0 fully saturated rings. The van der Waals surface area contributed by atoms with Crippen LogP contribution >= 0.6 is 0 Å². The average molecular weight is 323 g/mol. The van der Waals surface area contributed by atoms with Crippen LogP contribution < -0.4 is 0 Å². The van der Waals surface area contributed by atoms with E-state index in [0.717, 1.165) is 16.5 Å². The van der Waals surface area contributed by atoms with Crippen LogP contribution in [0.3, 0.4) is 0 Å². The quantitative estimate of drug-likeness (QED) is 0.665. The summed E-state index contributed by atoms with van der Waals surface area (Å²) >= 11 is 0. The molecule has 2 aromatic carbocycles. The van der Waals surface area contributed by atoms with Crippen molar-refractivity contribution < 1.29 is 8.42 Å².